The zero-order valence-corrected chi connectivity index (χ0v) is 15.4. The number of hydrogen-bond acceptors (Lipinski definition) is 3. The molecule has 1 N–H and O–H groups in total. The fraction of sp³-hybridized carbons (Fsp3) is 0.111. The van der Waals surface area contributed by atoms with Crippen LogP contribution in [0.2, 0.25) is 0 Å². The monoisotopic (exact) mass is 433 g/mol. The van der Waals surface area contributed by atoms with E-state index in [-0.39, 0.29) is 5.91 Å². The van der Waals surface area contributed by atoms with E-state index in [0.717, 1.165) is 15.0 Å². The average molecular weight is 433 g/mol. The number of aromatic nitrogens is 2. The number of rotatable bonds is 4. The number of nitrogens with zero attached hydrogens (tertiary/aromatic N) is 2. The lowest BCUT2D eigenvalue weighted by Crippen LogP contribution is -2.12. The molecule has 0 saturated carbocycles. The van der Waals surface area contributed by atoms with Crippen LogP contribution < -0.4 is 10.1 Å². The lowest BCUT2D eigenvalue weighted by molar-refractivity contribution is 0.102. The van der Waals surface area contributed by atoms with Gasteiger partial charge in [-0.25, -0.2) is 4.98 Å². The standard InChI is InChI=1S/C18H16IN3O2/c1-12-10-22(11-20-12)16-7-6-15(9-17(16)24-2)21-18(23)13-4-3-5-14(19)8-13/h3-11H,1-2H3,(H,21,23). The van der Waals surface area contributed by atoms with Crippen molar-refractivity contribution >= 4 is 34.2 Å². The van der Waals surface area contributed by atoms with Crippen molar-refractivity contribution < 1.29 is 9.53 Å². The Kier molecular flexibility index (Phi) is 4.84. The number of ether oxygens (including phenoxy) is 1. The van der Waals surface area contributed by atoms with Gasteiger partial charge in [-0.05, 0) is 59.8 Å². The summed E-state index contributed by atoms with van der Waals surface area (Å²) >= 11 is 2.19. The molecule has 0 aliphatic carbocycles. The molecule has 3 rings (SSSR count). The zero-order chi connectivity index (χ0) is 17.1. The van der Waals surface area contributed by atoms with Crippen LogP contribution in [-0.2, 0) is 0 Å². The van der Waals surface area contributed by atoms with Crippen LogP contribution in [0.4, 0.5) is 5.69 Å². The number of anilines is 1. The second-order valence-corrected chi connectivity index (χ2v) is 6.52. The quantitative estimate of drug-likeness (QED) is 0.632. The maximum absolute atomic E-state index is 12.4. The fourth-order valence-electron chi connectivity index (χ4n) is 2.35. The van der Waals surface area contributed by atoms with Crippen molar-refractivity contribution in [1.29, 1.82) is 0 Å². The molecule has 0 aliphatic rings. The van der Waals surface area contributed by atoms with Gasteiger partial charge in [0.15, 0.2) is 0 Å². The van der Waals surface area contributed by atoms with Gasteiger partial charge in [-0.2, -0.15) is 0 Å². The van der Waals surface area contributed by atoms with E-state index in [9.17, 15) is 4.79 Å². The normalized spacial score (nSPS) is 10.5. The molecule has 0 spiro atoms. The number of benzene rings is 2. The average Bonchev–Trinajstić information content (AvgIpc) is 3.01. The van der Waals surface area contributed by atoms with Crippen LogP contribution in [0.5, 0.6) is 5.75 Å². The van der Waals surface area contributed by atoms with Crippen molar-refractivity contribution in [3.05, 3.63) is 69.8 Å². The number of carbonyl (C=O) groups is 1. The summed E-state index contributed by atoms with van der Waals surface area (Å²) < 4.78 is 8.36. The number of hydrogen-bond donors (Lipinski definition) is 1. The van der Waals surface area contributed by atoms with Crippen molar-refractivity contribution in [3.63, 3.8) is 0 Å². The third-order valence-electron chi connectivity index (χ3n) is 3.51. The molecule has 0 atom stereocenters. The maximum Gasteiger partial charge on any atom is 0.255 e. The van der Waals surface area contributed by atoms with Gasteiger partial charge in [0.1, 0.15) is 5.75 Å². The van der Waals surface area contributed by atoms with E-state index in [1.165, 1.54) is 0 Å². The highest BCUT2D eigenvalue weighted by Gasteiger charge is 2.10. The number of halogens is 1. The van der Waals surface area contributed by atoms with E-state index in [1.807, 2.05) is 48.0 Å². The van der Waals surface area contributed by atoms with Crippen LogP contribution in [0.25, 0.3) is 5.69 Å². The number of methoxy groups -OCH3 is 1. The predicted octanol–water partition coefficient (Wildman–Crippen LogP) is 4.05. The molecule has 5 nitrogen and oxygen atoms in total. The molecule has 1 heterocycles. The van der Waals surface area contributed by atoms with E-state index in [4.69, 9.17) is 4.74 Å². The molecule has 0 saturated heterocycles. The minimum atomic E-state index is -0.151. The first-order valence-electron chi connectivity index (χ1n) is 7.33. The number of imidazole rings is 1. The maximum atomic E-state index is 12.4. The lowest BCUT2D eigenvalue weighted by Gasteiger charge is -2.12. The Bertz CT molecular complexity index is 889. The lowest BCUT2D eigenvalue weighted by atomic mass is 10.2. The molecule has 3 aromatic rings. The topological polar surface area (TPSA) is 56.1 Å². The van der Waals surface area contributed by atoms with Gasteiger partial charge in [0.25, 0.3) is 5.91 Å². The van der Waals surface area contributed by atoms with Crippen molar-refractivity contribution in [2.75, 3.05) is 12.4 Å². The molecular formula is C18H16IN3O2. The first kappa shape index (κ1) is 16.5. The number of carbonyl (C=O) groups excluding carboxylic acids is 1. The minimum absolute atomic E-state index is 0.151. The molecule has 0 radical (unpaired) electrons. The van der Waals surface area contributed by atoms with Crippen molar-refractivity contribution in [3.8, 4) is 11.4 Å². The molecule has 0 bridgehead atoms. The Balaban J connectivity index is 1.86. The first-order valence-corrected chi connectivity index (χ1v) is 8.40. The largest absolute Gasteiger partial charge is 0.494 e. The van der Waals surface area contributed by atoms with Crippen LogP contribution >= 0.6 is 22.6 Å². The third-order valence-corrected chi connectivity index (χ3v) is 4.19. The Morgan fingerprint density at radius 2 is 2.08 bits per heavy atom. The van der Waals surface area contributed by atoms with Gasteiger partial charge in [0.2, 0.25) is 0 Å². The van der Waals surface area contributed by atoms with E-state index in [1.54, 1.807) is 25.6 Å². The second-order valence-electron chi connectivity index (χ2n) is 5.27. The van der Waals surface area contributed by atoms with Gasteiger partial charge in [0, 0.05) is 27.1 Å². The Morgan fingerprint density at radius 1 is 1.25 bits per heavy atom. The first-order chi connectivity index (χ1) is 11.6. The molecule has 0 unspecified atom stereocenters. The summed E-state index contributed by atoms with van der Waals surface area (Å²) in [5.41, 5.74) is 3.09. The summed E-state index contributed by atoms with van der Waals surface area (Å²) in [4.78, 5) is 16.6. The van der Waals surface area contributed by atoms with Crippen molar-refractivity contribution in [1.82, 2.24) is 9.55 Å². The highest BCUT2D eigenvalue weighted by Crippen LogP contribution is 2.27. The molecule has 1 aromatic heterocycles. The summed E-state index contributed by atoms with van der Waals surface area (Å²) in [5.74, 6) is 0.509. The SMILES string of the molecule is COc1cc(NC(=O)c2cccc(I)c2)ccc1-n1cnc(C)c1. The predicted molar refractivity (Wildman–Crippen MR) is 102 cm³/mol. The highest BCUT2D eigenvalue weighted by molar-refractivity contribution is 14.1. The van der Waals surface area contributed by atoms with Crippen LogP contribution in [0.3, 0.4) is 0 Å². The zero-order valence-electron chi connectivity index (χ0n) is 13.3. The smallest absolute Gasteiger partial charge is 0.255 e. The van der Waals surface area contributed by atoms with Crippen molar-refractivity contribution in [2.24, 2.45) is 0 Å². The van der Waals surface area contributed by atoms with E-state index in [2.05, 4.69) is 32.9 Å². The van der Waals surface area contributed by atoms with Gasteiger partial charge < -0.3 is 14.6 Å². The summed E-state index contributed by atoms with van der Waals surface area (Å²) in [5, 5.41) is 2.90. The Hall–Kier alpha value is -2.35. The molecular weight excluding hydrogens is 417 g/mol. The van der Waals surface area contributed by atoms with Crippen LogP contribution in [0.15, 0.2) is 55.0 Å². The summed E-state index contributed by atoms with van der Waals surface area (Å²) in [6, 6.07) is 13.0. The van der Waals surface area contributed by atoms with Gasteiger partial charge in [-0.15, -0.1) is 0 Å². The third kappa shape index (κ3) is 3.59. The van der Waals surface area contributed by atoms with Gasteiger partial charge in [-0.3, -0.25) is 4.79 Å². The van der Waals surface area contributed by atoms with Gasteiger partial charge >= 0.3 is 0 Å². The summed E-state index contributed by atoms with van der Waals surface area (Å²) in [7, 11) is 1.60. The fourth-order valence-corrected chi connectivity index (χ4v) is 2.90. The summed E-state index contributed by atoms with van der Waals surface area (Å²) in [6.45, 7) is 1.93. The summed E-state index contributed by atoms with van der Waals surface area (Å²) in [6.07, 6.45) is 3.65. The van der Waals surface area contributed by atoms with E-state index < -0.39 is 0 Å². The molecule has 0 aliphatic heterocycles. The Labute approximate surface area is 153 Å². The van der Waals surface area contributed by atoms with Gasteiger partial charge in [0.05, 0.1) is 24.8 Å². The molecule has 24 heavy (non-hydrogen) atoms. The number of aryl methyl sites for hydroxylation is 1. The second kappa shape index (κ2) is 7.04. The Morgan fingerprint density at radius 3 is 2.75 bits per heavy atom. The number of nitrogens with one attached hydrogen (secondary N) is 1. The highest BCUT2D eigenvalue weighted by atomic mass is 127. The molecule has 6 heteroatoms. The minimum Gasteiger partial charge on any atom is -0.494 e. The molecule has 1 amide bonds. The molecule has 0 fully saturated rings. The molecule has 2 aromatic carbocycles. The van der Waals surface area contributed by atoms with Crippen LogP contribution in [-0.4, -0.2) is 22.6 Å². The molecule has 122 valence electrons. The van der Waals surface area contributed by atoms with Crippen LogP contribution in [0.1, 0.15) is 16.1 Å². The van der Waals surface area contributed by atoms with E-state index in [0.29, 0.717) is 17.0 Å². The van der Waals surface area contributed by atoms with Crippen molar-refractivity contribution in [2.45, 2.75) is 6.92 Å². The van der Waals surface area contributed by atoms with Crippen LogP contribution in [0, 0.1) is 10.5 Å². The van der Waals surface area contributed by atoms with E-state index >= 15 is 0 Å². The van der Waals surface area contributed by atoms with Gasteiger partial charge in [-0.1, -0.05) is 6.07 Å². The number of amides is 1.